The van der Waals surface area contributed by atoms with Gasteiger partial charge in [-0.25, -0.2) is 0 Å². The van der Waals surface area contributed by atoms with Gasteiger partial charge in [0.05, 0.1) is 10.9 Å². The maximum absolute atomic E-state index is 12.7. The molecule has 35 heavy (non-hydrogen) atoms. The molecule has 0 spiro atoms. The molecule has 184 valence electrons. The van der Waals surface area contributed by atoms with Gasteiger partial charge in [0.25, 0.3) is 10.0 Å². The van der Waals surface area contributed by atoms with E-state index in [0.29, 0.717) is 6.54 Å². The molecule has 3 aromatic carbocycles. The van der Waals surface area contributed by atoms with Gasteiger partial charge in [-0.1, -0.05) is 60.7 Å². The van der Waals surface area contributed by atoms with E-state index in [1.807, 2.05) is 36.4 Å². The van der Waals surface area contributed by atoms with Gasteiger partial charge in [0.1, 0.15) is 5.75 Å². The zero-order chi connectivity index (χ0) is 24.9. The molecular weight excluding hydrogens is 477 g/mol. The summed E-state index contributed by atoms with van der Waals surface area (Å²) in [6.07, 6.45) is -1.71. The molecule has 5 nitrogen and oxygen atoms in total. The molecule has 0 saturated carbocycles. The van der Waals surface area contributed by atoms with Crippen LogP contribution in [0.3, 0.4) is 0 Å². The van der Waals surface area contributed by atoms with E-state index in [1.165, 1.54) is 6.21 Å². The Bertz CT molecular complexity index is 1190. The Labute approximate surface area is 202 Å². The zero-order valence-corrected chi connectivity index (χ0v) is 19.6. The molecule has 1 aliphatic heterocycles. The Kier molecular flexibility index (Phi) is 7.57. The number of likely N-dealkylation sites (tertiary alicyclic amines) is 1. The molecule has 1 unspecified atom stereocenters. The Morgan fingerprint density at radius 1 is 0.914 bits per heavy atom. The highest BCUT2D eigenvalue weighted by Crippen LogP contribution is 2.32. The summed E-state index contributed by atoms with van der Waals surface area (Å²) in [6, 6.07) is 24.4. The van der Waals surface area contributed by atoms with Crippen molar-refractivity contribution in [3.8, 4) is 5.75 Å². The largest absolute Gasteiger partial charge is 0.573 e. The number of ether oxygens (including phenoxy) is 1. The van der Waals surface area contributed by atoms with E-state index in [9.17, 15) is 21.6 Å². The van der Waals surface area contributed by atoms with Crippen molar-refractivity contribution >= 4 is 16.2 Å². The first-order valence-corrected chi connectivity index (χ1v) is 12.7. The highest BCUT2D eigenvalue weighted by Gasteiger charge is 2.31. The van der Waals surface area contributed by atoms with Crippen LogP contribution in [-0.4, -0.2) is 39.0 Å². The first-order valence-electron chi connectivity index (χ1n) is 11.2. The van der Waals surface area contributed by atoms with Gasteiger partial charge in [0, 0.05) is 18.7 Å². The van der Waals surface area contributed by atoms with Gasteiger partial charge in [-0.2, -0.15) is 12.8 Å². The number of alkyl halides is 3. The van der Waals surface area contributed by atoms with E-state index in [2.05, 4.69) is 38.3 Å². The minimum absolute atomic E-state index is 0.0337. The average Bonchev–Trinajstić information content (AvgIpc) is 2.84. The van der Waals surface area contributed by atoms with Crippen LogP contribution in [0, 0.1) is 5.92 Å². The molecule has 0 aromatic heterocycles. The number of benzene rings is 3. The molecule has 1 fully saturated rings. The first kappa shape index (κ1) is 24.9. The number of hydrogen-bond acceptors (Lipinski definition) is 4. The van der Waals surface area contributed by atoms with Crippen LogP contribution in [0.2, 0.25) is 0 Å². The fourth-order valence-corrected chi connectivity index (χ4v) is 5.26. The number of halogens is 3. The Hall–Kier alpha value is -3.17. The van der Waals surface area contributed by atoms with Crippen molar-refractivity contribution < 1.29 is 26.3 Å². The summed E-state index contributed by atoms with van der Waals surface area (Å²) in [5.41, 5.74) is 2.31. The second-order valence-corrected chi connectivity index (χ2v) is 10.0. The Balaban J connectivity index is 1.50. The lowest BCUT2D eigenvalue weighted by molar-refractivity contribution is -0.274. The van der Waals surface area contributed by atoms with Crippen LogP contribution >= 0.6 is 0 Å². The van der Waals surface area contributed by atoms with Gasteiger partial charge >= 0.3 is 6.36 Å². The maximum atomic E-state index is 12.7. The third kappa shape index (κ3) is 6.70. The third-order valence-corrected chi connectivity index (χ3v) is 7.12. The molecule has 3 aromatic rings. The maximum Gasteiger partial charge on any atom is 0.573 e. The quantitative estimate of drug-likeness (QED) is 0.381. The molecule has 4 rings (SSSR count). The lowest BCUT2D eigenvalue weighted by atomic mass is 9.92. The standard InChI is InChI=1S/C26H25F3N2O3S/c27-26(28,29)34-23-13-15-24(16-14-23)35(32,33)30-18-20-8-7-17-31(19-20)25(21-9-3-1-4-10-21)22-11-5-2-6-12-22/h1-6,9-16,18,20,25H,7-8,17,19H2. The van der Waals surface area contributed by atoms with Gasteiger partial charge < -0.3 is 4.74 Å². The SMILES string of the molecule is O=S(=O)(N=CC1CCCN(C(c2ccccc2)c2ccccc2)C1)c1ccc(OC(F)(F)F)cc1. The minimum Gasteiger partial charge on any atom is -0.406 e. The van der Waals surface area contributed by atoms with Crippen LogP contribution in [0.25, 0.3) is 0 Å². The molecule has 1 saturated heterocycles. The van der Waals surface area contributed by atoms with Crippen molar-refractivity contribution in [1.29, 1.82) is 0 Å². The summed E-state index contributed by atoms with van der Waals surface area (Å²) in [5.74, 6) is -0.572. The zero-order valence-electron chi connectivity index (χ0n) is 18.8. The van der Waals surface area contributed by atoms with E-state index in [-0.39, 0.29) is 16.9 Å². The van der Waals surface area contributed by atoms with Crippen molar-refractivity contribution in [2.24, 2.45) is 10.3 Å². The second kappa shape index (κ2) is 10.6. The lowest BCUT2D eigenvalue weighted by Crippen LogP contribution is -2.39. The molecule has 0 radical (unpaired) electrons. The summed E-state index contributed by atoms with van der Waals surface area (Å²) < 4.78 is 70.0. The van der Waals surface area contributed by atoms with Gasteiger partial charge in [-0.3, -0.25) is 4.90 Å². The van der Waals surface area contributed by atoms with E-state index < -0.39 is 22.1 Å². The molecule has 9 heteroatoms. The summed E-state index contributed by atoms with van der Waals surface area (Å²) in [4.78, 5) is 2.14. The fourth-order valence-electron chi connectivity index (χ4n) is 4.32. The first-order chi connectivity index (χ1) is 16.7. The molecule has 1 atom stereocenters. The highest BCUT2D eigenvalue weighted by atomic mass is 32.2. The number of sulfonamides is 1. The fraction of sp³-hybridized carbons (Fsp3) is 0.269. The highest BCUT2D eigenvalue weighted by molar-refractivity contribution is 7.90. The van der Waals surface area contributed by atoms with Crippen molar-refractivity contribution in [2.75, 3.05) is 13.1 Å². The lowest BCUT2D eigenvalue weighted by Gasteiger charge is -2.37. The van der Waals surface area contributed by atoms with Crippen LogP contribution in [0.15, 0.2) is 94.2 Å². The molecule has 1 heterocycles. The van der Waals surface area contributed by atoms with Crippen molar-refractivity contribution in [3.63, 3.8) is 0 Å². The third-order valence-electron chi connectivity index (χ3n) is 5.85. The Morgan fingerprint density at radius 2 is 1.49 bits per heavy atom. The number of piperidine rings is 1. The van der Waals surface area contributed by atoms with E-state index in [4.69, 9.17) is 0 Å². The van der Waals surface area contributed by atoms with Crippen molar-refractivity contribution in [1.82, 2.24) is 4.90 Å². The van der Waals surface area contributed by atoms with E-state index in [1.54, 1.807) is 0 Å². The normalized spacial score (nSPS) is 17.7. The van der Waals surface area contributed by atoms with Crippen LogP contribution in [0.1, 0.15) is 30.0 Å². The van der Waals surface area contributed by atoms with Gasteiger partial charge in [0.2, 0.25) is 0 Å². The minimum atomic E-state index is -4.84. The molecule has 0 N–H and O–H groups in total. The van der Waals surface area contributed by atoms with Gasteiger partial charge in [-0.15, -0.1) is 13.2 Å². The summed E-state index contributed by atoms with van der Waals surface area (Å²) in [7, 11) is -4.05. The van der Waals surface area contributed by atoms with Crippen LogP contribution in [0.5, 0.6) is 5.75 Å². The summed E-state index contributed by atoms with van der Waals surface area (Å²) in [6.45, 7) is 1.50. The number of nitrogens with zero attached hydrogens (tertiary/aromatic N) is 2. The van der Waals surface area contributed by atoms with Crippen LogP contribution in [0.4, 0.5) is 13.2 Å². The second-order valence-electron chi connectivity index (χ2n) is 8.37. The van der Waals surface area contributed by atoms with E-state index in [0.717, 1.165) is 54.8 Å². The Morgan fingerprint density at radius 3 is 2.03 bits per heavy atom. The topological polar surface area (TPSA) is 59.0 Å². The molecular formula is C26H25F3N2O3S. The van der Waals surface area contributed by atoms with Gasteiger partial charge in [0.15, 0.2) is 0 Å². The van der Waals surface area contributed by atoms with Crippen LogP contribution < -0.4 is 4.74 Å². The molecule has 0 bridgehead atoms. The summed E-state index contributed by atoms with van der Waals surface area (Å²) >= 11 is 0. The number of rotatable bonds is 7. The monoisotopic (exact) mass is 502 g/mol. The molecule has 0 aliphatic carbocycles. The molecule has 0 amide bonds. The van der Waals surface area contributed by atoms with Crippen molar-refractivity contribution in [2.45, 2.75) is 30.1 Å². The van der Waals surface area contributed by atoms with Crippen LogP contribution in [-0.2, 0) is 10.0 Å². The summed E-state index contributed by atoms with van der Waals surface area (Å²) in [5, 5.41) is 0. The predicted molar refractivity (Wildman–Crippen MR) is 128 cm³/mol. The smallest absolute Gasteiger partial charge is 0.406 e. The van der Waals surface area contributed by atoms with E-state index >= 15 is 0 Å². The van der Waals surface area contributed by atoms with Gasteiger partial charge in [-0.05, 0) is 54.8 Å². The van der Waals surface area contributed by atoms with Crippen molar-refractivity contribution in [3.05, 3.63) is 96.1 Å². The predicted octanol–water partition coefficient (Wildman–Crippen LogP) is 5.85. The molecule has 1 aliphatic rings. The number of hydrogen-bond donors (Lipinski definition) is 0. The average molecular weight is 503 g/mol.